The molecule has 0 heterocycles. The maximum absolute atomic E-state index is 13.0. The van der Waals surface area contributed by atoms with Crippen LogP contribution >= 0.6 is 0 Å². The number of benzene rings is 1. The molecule has 50 heavy (non-hydrogen) atoms. The van der Waals surface area contributed by atoms with Crippen molar-refractivity contribution in [2.45, 2.75) is 134 Å². The molecule has 1 aromatic carbocycles. The van der Waals surface area contributed by atoms with E-state index in [0.29, 0.717) is 29.9 Å². The molecule has 0 saturated heterocycles. The minimum absolute atomic E-state index is 0.0598. The molecule has 4 aliphatic rings. The van der Waals surface area contributed by atoms with Crippen LogP contribution in [0.15, 0.2) is 35.9 Å². The second kappa shape index (κ2) is 13.2. The molecular formula is C43H62O7. The third kappa shape index (κ3) is 6.85. The molecule has 0 bridgehead atoms. The molecule has 3 unspecified atom stereocenters. The molecule has 3 saturated carbocycles. The van der Waals surface area contributed by atoms with Crippen molar-refractivity contribution in [1.82, 2.24) is 0 Å². The summed E-state index contributed by atoms with van der Waals surface area (Å²) in [7, 11) is 0. The smallest absolute Gasteiger partial charge is 0.330 e. The molecule has 3 fully saturated rings. The van der Waals surface area contributed by atoms with Crippen LogP contribution in [0, 0.1) is 50.2 Å². The van der Waals surface area contributed by atoms with Crippen molar-refractivity contribution in [2.75, 3.05) is 6.61 Å². The third-order valence-corrected chi connectivity index (χ3v) is 14.3. The van der Waals surface area contributed by atoms with Gasteiger partial charge < -0.3 is 19.3 Å². The van der Waals surface area contributed by atoms with Gasteiger partial charge in [-0.15, -0.1) is 0 Å². The van der Waals surface area contributed by atoms with Gasteiger partial charge >= 0.3 is 17.9 Å². The Hall–Kier alpha value is -2.93. The summed E-state index contributed by atoms with van der Waals surface area (Å²) in [5, 5.41) is 11.0. The van der Waals surface area contributed by atoms with E-state index in [-0.39, 0.29) is 50.1 Å². The van der Waals surface area contributed by atoms with Crippen LogP contribution in [0.5, 0.6) is 11.5 Å². The summed E-state index contributed by atoms with van der Waals surface area (Å²) in [5.41, 5.74) is 2.58. The number of ether oxygens (including phenoxy) is 3. The molecule has 0 aromatic heterocycles. The Labute approximate surface area is 300 Å². The summed E-state index contributed by atoms with van der Waals surface area (Å²) in [6, 6.07) is 4.75. The van der Waals surface area contributed by atoms with Crippen LogP contribution in [0.3, 0.4) is 0 Å². The van der Waals surface area contributed by atoms with E-state index >= 15 is 0 Å². The third-order valence-electron chi connectivity index (χ3n) is 14.3. The van der Waals surface area contributed by atoms with E-state index in [9.17, 15) is 19.5 Å². The van der Waals surface area contributed by atoms with Crippen LogP contribution in [-0.4, -0.2) is 35.7 Å². The lowest BCUT2D eigenvalue weighted by Crippen LogP contribution is -2.64. The molecule has 5 rings (SSSR count). The Morgan fingerprint density at radius 3 is 2.20 bits per heavy atom. The number of allylic oxidation sites excluding steroid dienone is 2. The van der Waals surface area contributed by atoms with E-state index in [0.717, 1.165) is 25.7 Å². The molecule has 276 valence electrons. The number of carbonyl (C=O) groups excluding carboxylic acids is 3. The van der Waals surface area contributed by atoms with Crippen molar-refractivity contribution >= 4 is 24.0 Å². The maximum atomic E-state index is 13.0. The molecule has 0 amide bonds. The highest BCUT2D eigenvalue weighted by molar-refractivity contribution is 5.87. The van der Waals surface area contributed by atoms with Crippen molar-refractivity contribution in [2.24, 2.45) is 50.2 Å². The Bertz CT molecular complexity index is 1560. The zero-order valence-electron chi connectivity index (χ0n) is 32.5. The van der Waals surface area contributed by atoms with Gasteiger partial charge in [0.1, 0.15) is 0 Å². The Morgan fingerprint density at radius 1 is 0.880 bits per heavy atom. The fourth-order valence-corrected chi connectivity index (χ4v) is 11.2. The molecule has 0 spiro atoms. The summed E-state index contributed by atoms with van der Waals surface area (Å²) < 4.78 is 16.2. The van der Waals surface area contributed by atoms with Gasteiger partial charge in [-0.2, -0.15) is 0 Å². The van der Waals surface area contributed by atoms with Crippen LogP contribution in [0.2, 0.25) is 0 Å². The summed E-state index contributed by atoms with van der Waals surface area (Å²) >= 11 is 0. The second-order valence-corrected chi connectivity index (χ2v) is 18.9. The number of rotatable bonds is 8. The molecule has 0 aliphatic heterocycles. The highest BCUT2D eigenvalue weighted by Crippen LogP contribution is 2.74. The number of aliphatic hydroxyl groups excluding tert-OH is 1. The maximum Gasteiger partial charge on any atom is 0.330 e. The number of carbonyl (C=O) groups is 3. The van der Waals surface area contributed by atoms with Crippen LogP contribution in [0.1, 0.15) is 133 Å². The Morgan fingerprint density at radius 2 is 1.54 bits per heavy atom. The lowest BCUT2D eigenvalue weighted by Gasteiger charge is -2.70. The van der Waals surface area contributed by atoms with E-state index in [4.69, 9.17) is 14.2 Å². The van der Waals surface area contributed by atoms with Gasteiger partial charge in [-0.1, -0.05) is 80.0 Å². The molecule has 4 aliphatic carbocycles. The van der Waals surface area contributed by atoms with E-state index in [2.05, 4.69) is 68.4 Å². The van der Waals surface area contributed by atoms with Gasteiger partial charge in [0.15, 0.2) is 11.5 Å². The zero-order valence-corrected chi connectivity index (χ0v) is 32.5. The fourth-order valence-electron chi connectivity index (χ4n) is 11.2. The molecule has 7 heteroatoms. The first-order chi connectivity index (χ1) is 23.1. The molecule has 1 aromatic rings. The van der Waals surface area contributed by atoms with E-state index < -0.39 is 17.9 Å². The average molecular weight is 691 g/mol. The summed E-state index contributed by atoms with van der Waals surface area (Å²) in [5.74, 6) is 0.232. The van der Waals surface area contributed by atoms with Crippen LogP contribution < -0.4 is 9.47 Å². The van der Waals surface area contributed by atoms with Crippen molar-refractivity contribution in [3.05, 3.63) is 41.5 Å². The van der Waals surface area contributed by atoms with Crippen molar-refractivity contribution in [3.63, 3.8) is 0 Å². The standard InChI is InChI=1S/C43H62O7/c1-27(44)49-32-15-12-29(24-33(32)50-28(2)45)13-17-37(47)48-26-38(3,4)25-31-30-14-16-35-41(9)20-19-36(46)40(7,8)34(41)18-21-43(35,11)42(30,10)23-22-39(31,5)6/h12-15,17,24,31,34-36,46H,16,18-23,25-26H2,1-11H3/b17-13+/t31?,34?,35?,36-,41-,42-,43+/m0/s1. The van der Waals surface area contributed by atoms with Gasteiger partial charge in [0.25, 0.3) is 0 Å². The summed E-state index contributed by atoms with van der Waals surface area (Å²) in [4.78, 5) is 36.0. The lowest BCUT2D eigenvalue weighted by atomic mass is 9.34. The first-order valence-corrected chi connectivity index (χ1v) is 18.8. The van der Waals surface area contributed by atoms with Gasteiger partial charge in [-0.05, 0) is 125 Å². The summed E-state index contributed by atoms with van der Waals surface area (Å²) in [6.07, 6.45) is 14.2. The Kier molecular flexibility index (Phi) is 10.1. The molecular weight excluding hydrogens is 628 g/mol. The van der Waals surface area contributed by atoms with Crippen molar-refractivity contribution in [1.29, 1.82) is 0 Å². The average Bonchev–Trinajstić information content (AvgIpc) is 3.00. The van der Waals surface area contributed by atoms with E-state index in [1.165, 1.54) is 51.7 Å². The lowest BCUT2D eigenvalue weighted by molar-refractivity contribution is -0.201. The minimum atomic E-state index is -0.545. The Balaban J connectivity index is 1.31. The monoisotopic (exact) mass is 690 g/mol. The molecule has 7 nitrogen and oxygen atoms in total. The second-order valence-electron chi connectivity index (χ2n) is 18.9. The van der Waals surface area contributed by atoms with Crippen molar-refractivity contribution in [3.8, 4) is 11.5 Å². The van der Waals surface area contributed by atoms with E-state index in [1.807, 2.05) is 0 Å². The predicted octanol–water partition coefficient (Wildman–Crippen LogP) is 9.50. The van der Waals surface area contributed by atoms with E-state index in [1.54, 1.807) is 23.8 Å². The molecule has 1 N–H and O–H groups in total. The first-order valence-electron chi connectivity index (χ1n) is 18.8. The summed E-state index contributed by atoms with van der Waals surface area (Å²) in [6.45, 7) is 24.5. The SMILES string of the molecule is CC(=O)Oc1ccc(/C=C/C(=O)OCC(C)(C)CC2C3=CCC4[C@@]5(C)CC[C@H](O)C(C)(C)C5CC[C@@]4(C)[C@@]3(C)CCC2(C)C)cc1OC(C)=O. The number of esters is 3. The molecule has 7 atom stereocenters. The predicted molar refractivity (Wildman–Crippen MR) is 196 cm³/mol. The quantitative estimate of drug-likeness (QED) is 0.126. The van der Waals surface area contributed by atoms with Gasteiger partial charge in [-0.25, -0.2) is 4.79 Å². The number of aliphatic hydroxyl groups is 1. The zero-order chi connectivity index (χ0) is 37.1. The van der Waals surface area contributed by atoms with Crippen LogP contribution in [0.4, 0.5) is 0 Å². The number of hydrogen-bond acceptors (Lipinski definition) is 7. The minimum Gasteiger partial charge on any atom is -0.462 e. The van der Waals surface area contributed by atoms with Gasteiger partial charge in [0, 0.05) is 19.9 Å². The van der Waals surface area contributed by atoms with Gasteiger partial charge in [0.2, 0.25) is 0 Å². The fraction of sp³-hybridized carbons (Fsp3) is 0.698. The number of hydrogen-bond donors (Lipinski definition) is 1. The van der Waals surface area contributed by atoms with Gasteiger partial charge in [-0.3, -0.25) is 9.59 Å². The largest absolute Gasteiger partial charge is 0.462 e. The molecule has 0 radical (unpaired) electrons. The van der Waals surface area contributed by atoms with Crippen LogP contribution in [0.25, 0.3) is 6.08 Å². The normalized spacial score (nSPS) is 34.4. The van der Waals surface area contributed by atoms with Crippen LogP contribution in [-0.2, 0) is 19.1 Å². The topological polar surface area (TPSA) is 99.1 Å². The van der Waals surface area contributed by atoms with Crippen molar-refractivity contribution < 1.29 is 33.7 Å². The highest BCUT2D eigenvalue weighted by Gasteiger charge is 2.67. The van der Waals surface area contributed by atoms with Gasteiger partial charge in [0.05, 0.1) is 12.7 Å². The first kappa shape index (κ1) is 38.3. The highest BCUT2D eigenvalue weighted by atomic mass is 16.6. The number of fused-ring (bicyclic) bond motifs is 5.